The molecule has 0 saturated heterocycles. The third kappa shape index (κ3) is 127. The van der Waals surface area contributed by atoms with Gasteiger partial charge < -0.3 is 170 Å². The van der Waals surface area contributed by atoms with Crippen LogP contribution in [-0.4, -0.2) is 90.6 Å². The van der Waals surface area contributed by atoms with Crippen molar-refractivity contribution in [2.75, 3.05) is 0 Å². The molecule has 498 valence electrons. The van der Waals surface area contributed by atoms with E-state index in [-0.39, 0.29) is 134 Å². The molecule has 0 aromatic carbocycles. The van der Waals surface area contributed by atoms with Crippen LogP contribution in [0.4, 0.5) is 0 Å². The molecule has 55 heteroatoms. The molecule has 0 aliphatic carbocycles. The molecular formula is C36H36Ce2Mn2N18O33-8. The zero-order chi connectivity index (χ0) is 65.8. The summed E-state index contributed by atoms with van der Waals surface area (Å²) in [7, 11) is 0. The maximum atomic E-state index is 8.25. The number of rotatable bonds is 12. The molecule has 6 aromatic rings. The van der Waals surface area contributed by atoms with E-state index in [1.807, 2.05) is 146 Å². The molecule has 91 heavy (non-hydrogen) atoms. The van der Waals surface area contributed by atoms with Crippen LogP contribution in [0, 0.1) is 237 Å². The summed E-state index contributed by atoms with van der Waals surface area (Å²) in [5.41, 5.74) is 6.30. The summed E-state index contributed by atoms with van der Waals surface area (Å²) in [6.45, 7) is 4.63. The van der Waals surface area contributed by atoms with E-state index in [9.17, 15) is 0 Å². The summed E-state index contributed by atoms with van der Waals surface area (Å²) in [4.78, 5) is 114. The molecule has 6 heterocycles. The molecule has 6 aromatic heterocycles. The van der Waals surface area contributed by atoms with Crippen molar-refractivity contribution < 1.29 is 185 Å². The first-order chi connectivity index (χ1) is 39.1. The number of aromatic nitrogens is 6. The Hall–Kier alpha value is -9.51. The molecule has 0 aliphatic rings. The quantitative estimate of drug-likeness (QED) is 0.0962. The van der Waals surface area contributed by atoms with Crippen LogP contribution in [0.15, 0.2) is 146 Å². The molecule has 0 atom stereocenters. The molecule has 0 spiro atoms. The van der Waals surface area contributed by atoms with Gasteiger partial charge in [0.2, 0.25) is 0 Å². The third-order valence-corrected chi connectivity index (χ3v) is 6.67. The van der Waals surface area contributed by atoms with Gasteiger partial charge in [0.15, 0.2) is 0 Å². The standard InChI is InChI=1S/2C18H18N4.2Ce.2Mn.10NO3.3O/c2*1-4-10-19-16(7-1)13-22(14-17-8-2-5-11-20-17)15-18-9-3-6-12-21-18;;;;;10*2-1(3)4;;;/h2*1-12H,13-15H2;;;;;;;;;;;;;;;;;/q;;2*+4;;;10*-1;3*-2. The first kappa shape index (κ1) is 113. The largest absolute Gasteiger partial charge is 4.00 e. The summed E-state index contributed by atoms with van der Waals surface area (Å²) in [6.07, 6.45) is 11.0. The molecule has 2 radical (unpaired) electrons. The minimum Gasteiger partial charge on any atom is -2.00 e. The molecule has 0 amide bonds. The van der Waals surface area contributed by atoms with E-state index < -0.39 is 50.9 Å². The molecule has 0 unspecified atom stereocenters. The van der Waals surface area contributed by atoms with Crippen molar-refractivity contribution >= 4 is 0 Å². The van der Waals surface area contributed by atoms with Crippen LogP contribution < -0.4 is 0 Å². The Morgan fingerprint density at radius 2 is 0.319 bits per heavy atom. The monoisotopic (exact) mass is 1640 g/mol. The third-order valence-electron chi connectivity index (χ3n) is 6.67. The van der Waals surface area contributed by atoms with Crippen LogP contribution in [0.25, 0.3) is 0 Å². The van der Waals surface area contributed by atoms with Crippen molar-refractivity contribution in [2.45, 2.75) is 39.3 Å². The number of nitrogens with zero attached hydrogens (tertiary/aromatic N) is 18. The summed E-state index contributed by atoms with van der Waals surface area (Å²) >= 11 is 0. The first-order valence-electron chi connectivity index (χ1n) is 20.1. The van der Waals surface area contributed by atoms with Gasteiger partial charge in [0.05, 0.1) is 85.0 Å². The van der Waals surface area contributed by atoms with Gasteiger partial charge in [-0.25, -0.2) is 0 Å². The van der Waals surface area contributed by atoms with E-state index in [4.69, 9.17) is 153 Å². The first-order valence-corrected chi connectivity index (χ1v) is 20.1. The van der Waals surface area contributed by atoms with Gasteiger partial charge in [-0.3, -0.25) is 39.7 Å². The van der Waals surface area contributed by atoms with Crippen LogP contribution in [0.3, 0.4) is 0 Å². The van der Waals surface area contributed by atoms with Gasteiger partial charge >= 0.3 is 83.5 Å². The van der Waals surface area contributed by atoms with Gasteiger partial charge in [-0.05, 0) is 72.8 Å². The van der Waals surface area contributed by atoms with Crippen molar-refractivity contribution in [3.05, 3.63) is 334 Å². The maximum absolute atomic E-state index is 8.25. The van der Waals surface area contributed by atoms with Crippen LogP contribution in [0.5, 0.6) is 0 Å². The average molecular weight is 1640 g/mol. The van der Waals surface area contributed by atoms with Crippen LogP contribution in [-0.2, 0) is 89.8 Å². The van der Waals surface area contributed by atoms with Crippen molar-refractivity contribution in [1.82, 2.24) is 39.7 Å². The molecular weight excluding hydrogens is 1600 g/mol. The molecule has 0 fully saturated rings. The Kier molecular flexibility index (Phi) is 97.1. The zero-order valence-corrected chi connectivity index (χ0v) is 53.0. The second-order valence-corrected chi connectivity index (χ2v) is 12.5. The predicted molar refractivity (Wildman–Crippen MR) is 277 cm³/mol. The minimum atomic E-state index is -1.75. The SMILES string of the molecule is O=[N+]([O-])[O-].O=[N+]([O-])[O-].O=[N+]([O-])[O-].O=[N+]([O-])[O-].O=[N+]([O-])[O-].O=[N+]([O-])[O-].O=[N+]([O-])[O-].O=[N+]([O-])[O-].O=[N+]([O-])[O-].O=[N+]([O-])[O-].[Ce+4].[Ce+4].[Mn].[Mn].[O-2].[O-2].[O-2].c1ccc(CN(Cc2ccccn2)Cc2ccccn2)nc1.c1ccc(CN(Cc2ccccn2)Cc2ccccn2)nc1. The van der Waals surface area contributed by atoms with Crippen molar-refractivity contribution in [2.24, 2.45) is 0 Å². The summed E-state index contributed by atoms with van der Waals surface area (Å²) < 4.78 is 0. The van der Waals surface area contributed by atoms with Crippen molar-refractivity contribution in [1.29, 1.82) is 0 Å². The van der Waals surface area contributed by atoms with Crippen LogP contribution in [0.2, 0.25) is 0 Å². The fourth-order valence-electron chi connectivity index (χ4n) is 4.66. The fraction of sp³-hybridized carbons (Fsp3) is 0.167. The van der Waals surface area contributed by atoms with E-state index >= 15 is 0 Å². The number of hydrogen-bond acceptors (Lipinski definition) is 38. The number of pyridine rings is 6. The van der Waals surface area contributed by atoms with Gasteiger partial charge in [-0.1, -0.05) is 36.4 Å². The zero-order valence-electron chi connectivity index (χ0n) is 44.4. The fourth-order valence-corrected chi connectivity index (χ4v) is 4.66. The predicted octanol–water partition coefficient (Wildman–Crippen LogP) is 3.40. The second kappa shape index (κ2) is 78.5. The van der Waals surface area contributed by atoms with E-state index in [1.165, 1.54) is 0 Å². The summed E-state index contributed by atoms with van der Waals surface area (Å²) in [5, 5.41) is 148. The Labute approximate surface area is 592 Å². The Morgan fingerprint density at radius 3 is 0.385 bits per heavy atom. The number of hydrogen-bond donors (Lipinski definition) is 0. The average Bonchev–Trinajstić information content (AvgIpc) is 2.96. The van der Waals surface area contributed by atoms with E-state index in [2.05, 4.69) is 39.7 Å². The molecule has 0 bridgehead atoms. The van der Waals surface area contributed by atoms with Crippen LogP contribution in [0.1, 0.15) is 34.2 Å². The molecule has 0 aliphatic heterocycles. The van der Waals surface area contributed by atoms with E-state index in [1.54, 1.807) is 0 Å². The van der Waals surface area contributed by atoms with Crippen molar-refractivity contribution in [3.63, 3.8) is 0 Å². The molecule has 0 N–H and O–H groups in total. The summed E-state index contributed by atoms with van der Waals surface area (Å²) in [6, 6.07) is 36.0. The van der Waals surface area contributed by atoms with E-state index in [0.717, 1.165) is 73.4 Å². The second-order valence-electron chi connectivity index (χ2n) is 12.5. The van der Waals surface area contributed by atoms with Gasteiger partial charge in [-0.2, -0.15) is 0 Å². The molecule has 0 saturated carbocycles. The van der Waals surface area contributed by atoms with Crippen LogP contribution >= 0.6 is 0 Å². The Morgan fingerprint density at radius 1 is 0.231 bits per heavy atom. The van der Waals surface area contributed by atoms with Crippen molar-refractivity contribution in [3.8, 4) is 0 Å². The minimum absolute atomic E-state index is 0. The van der Waals surface area contributed by atoms with Gasteiger partial charge in [-0.15, -0.1) is 0 Å². The topological polar surface area (TPSA) is 831 Å². The normalized spacial score (nSPS) is 7.85. The van der Waals surface area contributed by atoms with E-state index in [0.29, 0.717) is 0 Å². The Balaban J connectivity index is -0.0000000738. The maximum Gasteiger partial charge on any atom is 4.00 e. The summed E-state index contributed by atoms with van der Waals surface area (Å²) in [5.74, 6) is 0. The molecule has 51 nitrogen and oxygen atoms in total. The smallest absolute Gasteiger partial charge is 2.00 e. The van der Waals surface area contributed by atoms with Gasteiger partial charge in [0.25, 0.3) is 0 Å². The Bertz CT molecular complexity index is 2170. The van der Waals surface area contributed by atoms with Gasteiger partial charge in [0, 0.05) is 111 Å². The molecule has 6 rings (SSSR count). The van der Waals surface area contributed by atoms with Gasteiger partial charge in [0.1, 0.15) is 0 Å².